The number of carbonyl (C=O) groups is 1. The molecular weight excluding hydrogens is 404 g/mol. The quantitative estimate of drug-likeness (QED) is 0.420. The molecule has 1 N–H and O–H groups in total. The van der Waals surface area contributed by atoms with Crippen molar-refractivity contribution in [2.24, 2.45) is 5.10 Å². The molecule has 0 saturated carbocycles. The van der Waals surface area contributed by atoms with Crippen molar-refractivity contribution in [1.82, 2.24) is 5.43 Å². The molecule has 0 aliphatic rings. The van der Waals surface area contributed by atoms with Crippen LogP contribution in [0.2, 0.25) is 5.02 Å². The number of ether oxygens (including phenoxy) is 3. The molecule has 30 heavy (non-hydrogen) atoms. The zero-order chi connectivity index (χ0) is 21.3. The lowest BCUT2D eigenvalue weighted by molar-refractivity contribution is 0.0952. The number of benzene rings is 3. The minimum Gasteiger partial charge on any atom is -0.497 e. The number of hydrazone groups is 1. The van der Waals surface area contributed by atoms with Crippen molar-refractivity contribution in [2.45, 2.75) is 6.61 Å². The fraction of sp³-hybridized carbons (Fsp3) is 0.130. The number of nitrogens with zero attached hydrogens (tertiary/aromatic N) is 1. The normalized spacial score (nSPS) is 10.6. The van der Waals surface area contributed by atoms with Gasteiger partial charge in [0.25, 0.3) is 5.91 Å². The van der Waals surface area contributed by atoms with Gasteiger partial charge in [0.15, 0.2) is 0 Å². The van der Waals surface area contributed by atoms with Gasteiger partial charge in [-0.2, -0.15) is 5.10 Å². The Hall–Kier alpha value is -3.51. The van der Waals surface area contributed by atoms with Crippen LogP contribution < -0.4 is 19.6 Å². The van der Waals surface area contributed by atoms with Gasteiger partial charge in [0.1, 0.15) is 23.9 Å². The van der Waals surface area contributed by atoms with Crippen LogP contribution in [-0.2, 0) is 6.61 Å². The summed E-state index contributed by atoms with van der Waals surface area (Å²) >= 11 is 6.13. The van der Waals surface area contributed by atoms with Crippen molar-refractivity contribution in [1.29, 1.82) is 0 Å². The molecule has 0 heterocycles. The number of rotatable bonds is 8. The van der Waals surface area contributed by atoms with E-state index in [4.69, 9.17) is 25.8 Å². The number of hydrogen-bond acceptors (Lipinski definition) is 5. The number of carbonyl (C=O) groups excluding carboxylic acids is 1. The molecule has 3 rings (SSSR count). The summed E-state index contributed by atoms with van der Waals surface area (Å²) in [6.07, 6.45) is 1.55. The summed E-state index contributed by atoms with van der Waals surface area (Å²) in [4.78, 5) is 12.3. The summed E-state index contributed by atoms with van der Waals surface area (Å²) in [5.41, 5.74) is 4.58. The summed E-state index contributed by atoms with van der Waals surface area (Å²) < 4.78 is 16.1. The first kappa shape index (κ1) is 21.2. The topological polar surface area (TPSA) is 69.2 Å². The lowest BCUT2D eigenvalue weighted by atomic mass is 10.2. The molecule has 6 nitrogen and oxygen atoms in total. The van der Waals surface area contributed by atoms with Crippen LogP contribution in [0.15, 0.2) is 71.8 Å². The molecular formula is C23H21ClN2O4. The molecule has 0 saturated heterocycles. The standard InChI is InChI=1S/C23H21ClN2O4/c1-28-19-11-12-20(22(13-19)29-2)23(27)26-25-14-16-7-9-18(10-8-16)30-15-17-5-3-4-6-21(17)24/h3-14H,15H2,1-2H3,(H,26,27)/b25-14-. The third-order valence-electron chi connectivity index (χ3n) is 4.27. The van der Waals surface area contributed by atoms with Crippen molar-refractivity contribution in [3.05, 3.63) is 88.4 Å². The van der Waals surface area contributed by atoms with Crippen LogP contribution >= 0.6 is 11.6 Å². The summed E-state index contributed by atoms with van der Waals surface area (Å²) in [5, 5.41) is 4.67. The Labute approximate surface area is 180 Å². The molecule has 0 atom stereocenters. The Morgan fingerprint density at radius 2 is 1.73 bits per heavy atom. The molecule has 7 heteroatoms. The fourth-order valence-electron chi connectivity index (χ4n) is 2.64. The van der Waals surface area contributed by atoms with E-state index in [1.165, 1.54) is 7.11 Å². The second-order valence-electron chi connectivity index (χ2n) is 6.21. The van der Waals surface area contributed by atoms with Crippen LogP contribution in [0.3, 0.4) is 0 Å². The molecule has 0 unspecified atom stereocenters. The van der Waals surface area contributed by atoms with E-state index in [0.717, 1.165) is 11.1 Å². The number of halogens is 1. The van der Waals surface area contributed by atoms with Gasteiger partial charge in [0.2, 0.25) is 0 Å². The average molecular weight is 425 g/mol. The van der Waals surface area contributed by atoms with Gasteiger partial charge in [-0.1, -0.05) is 29.8 Å². The molecule has 0 aliphatic heterocycles. The summed E-state index contributed by atoms with van der Waals surface area (Å²) in [7, 11) is 3.04. The van der Waals surface area contributed by atoms with E-state index in [0.29, 0.717) is 34.4 Å². The van der Waals surface area contributed by atoms with E-state index in [9.17, 15) is 4.79 Å². The third kappa shape index (κ3) is 5.52. The predicted octanol–water partition coefficient (Wildman–Crippen LogP) is 4.70. The van der Waals surface area contributed by atoms with Gasteiger partial charge >= 0.3 is 0 Å². The third-order valence-corrected chi connectivity index (χ3v) is 4.63. The van der Waals surface area contributed by atoms with Gasteiger partial charge in [-0.25, -0.2) is 5.43 Å². The Morgan fingerprint density at radius 1 is 1.00 bits per heavy atom. The van der Waals surface area contributed by atoms with Crippen LogP contribution in [0.5, 0.6) is 17.2 Å². The largest absolute Gasteiger partial charge is 0.497 e. The molecule has 0 aliphatic carbocycles. The lowest BCUT2D eigenvalue weighted by Crippen LogP contribution is -2.18. The van der Waals surface area contributed by atoms with Crippen LogP contribution in [0.25, 0.3) is 0 Å². The number of amides is 1. The highest BCUT2D eigenvalue weighted by Crippen LogP contribution is 2.24. The Morgan fingerprint density at radius 3 is 2.43 bits per heavy atom. The fourth-order valence-corrected chi connectivity index (χ4v) is 2.83. The summed E-state index contributed by atoms with van der Waals surface area (Å²) in [6, 6.07) is 19.8. The zero-order valence-corrected chi connectivity index (χ0v) is 17.3. The van der Waals surface area contributed by atoms with E-state index < -0.39 is 0 Å². The molecule has 0 aromatic heterocycles. The first-order valence-corrected chi connectivity index (χ1v) is 9.50. The summed E-state index contributed by atoms with van der Waals surface area (Å²) in [6.45, 7) is 0.382. The van der Waals surface area contributed by atoms with Gasteiger partial charge in [0.05, 0.1) is 26.0 Å². The van der Waals surface area contributed by atoms with Gasteiger partial charge in [-0.3, -0.25) is 4.79 Å². The van der Waals surface area contributed by atoms with E-state index >= 15 is 0 Å². The highest BCUT2D eigenvalue weighted by atomic mass is 35.5. The van der Waals surface area contributed by atoms with Gasteiger partial charge in [0, 0.05) is 16.7 Å². The van der Waals surface area contributed by atoms with Crippen molar-refractivity contribution in [3.8, 4) is 17.2 Å². The second-order valence-corrected chi connectivity index (χ2v) is 6.62. The highest BCUT2D eigenvalue weighted by Gasteiger charge is 2.12. The molecule has 0 radical (unpaired) electrons. The van der Waals surface area contributed by atoms with Crippen LogP contribution in [0.1, 0.15) is 21.5 Å². The van der Waals surface area contributed by atoms with Gasteiger partial charge < -0.3 is 14.2 Å². The van der Waals surface area contributed by atoms with E-state index in [1.807, 2.05) is 48.5 Å². The maximum Gasteiger partial charge on any atom is 0.275 e. The predicted molar refractivity (Wildman–Crippen MR) is 117 cm³/mol. The van der Waals surface area contributed by atoms with Crippen LogP contribution in [-0.4, -0.2) is 26.3 Å². The number of methoxy groups -OCH3 is 2. The van der Waals surface area contributed by atoms with E-state index in [2.05, 4.69) is 10.5 Å². The number of nitrogens with one attached hydrogen (secondary N) is 1. The SMILES string of the molecule is COc1ccc(C(=O)N/N=C\c2ccc(OCc3ccccc3Cl)cc2)c(OC)c1. The monoisotopic (exact) mass is 424 g/mol. The van der Waals surface area contributed by atoms with E-state index in [-0.39, 0.29) is 5.91 Å². The Bertz CT molecular complexity index is 1040. The average Bonchev–Trinajstić information content (AvgIpc) is 2.78. The Kier molecular flexibility index (Phi) is 7.29. The van der Waals surface area contributed by atoms with Gasteiger partial charge in [-0.05, 0) is 48.0 Å². The molecule has 0 bridgehead atoms. The molecule has 3 aromatic carbocycles. The van der Waals surface area contributed by atoms with Crippen molar-refractivity contribution >= 4 is 23.7 Å². The maximum atomic E-state index is 12.3. The second kappa shape index (κ2) is 10.3. The molecule has 0 spiro atoms. The van der Waals surface area contributed by atoms with Crippen LogP contribution in [0.4, 0.5) is 0 Å². The Balaban J connectivity index is 1.56. The molecule has 0 fully saturated rings. The molecule has 154 valence electrons. The first-order valence-electron chi connectivity index (χ1n) is 9.12. The summed E-state index contributed by atoms with van der Waals surface area (Å²) in [5.74, 6) is 1.33. The minimum atomic E-state index is -0.384. The number of hydrogen-bond donors (Lipinski definition) is 1. The van der Waals surface area contributed by atoms with Crippen molar-refractivity contribution in [3.63, 3.8) is 0 Å². The van der Waals surface area contributed by atoms with Crippen molar-refractivity contribution in [2.75, 3.05) is 14.2 Å². The van der Waals surface area contributed by atoms with Crippen molar-refractivity contribution < 1.29 is 19.0 Å². The van der Waals surface area contributed by atoms with Crippen LogP contribution in [0, 0.1) is 0 Å². The van der Waals surface area contributed by atoms with E-state index in [1.54, 1.807) is 31.5 Å². The zero-order valence-electron chi connectivity index (χ0n) is 16.6. The maximum absolute atomic E-state index is 12.3. The molecule has 1 amide bonds. The lowest BCUT2D eigenvalue weighted by Gasteiger charge is -2.09. The minimum absolute atomic E-state index is 0.360. The van der Waals surface area contributed by atoms with Gasteiger partial charge in [-0.15, -0.1) is 0 Å². The first-order chi connectivity index (χ1) is 14.6. The highest BCUT2D eigenvalue weighted by molar-refractivity contribution is 6.31. The smallest absolute Gasteiger partial charge is 0.275 e. The molecule has 3 aromatic rings.